The highest BCUT2D eigenvalue weighted by Crippen LogP contribution is 2.23. The van der Waals surface area contributed by atoms with Crippen molar-refractivity contribution in [2.24, 2.45) is 5.92 Å². The number of halogens is 1. The molecule has 1 aliphatic rings. The zero-order valence-electron chi connectivity index (χ0n) is 14.8. The predicted octanol–water partition coefficient (Wildman–Crippen LogP) is 4.00. The van der Waals surface area contributed by atoms with E-state index in [2.05, 4.69) is 5.32 Å². The van der Waals surface area contributed by atoms with Gasteiger partial charge in [-0.25, -0.2) is 4.39 Å². The highest BCUT2D eigenvalue weighted by Gasteiger charge is 2.25. The van der Waals surface area contributed by atoms with Crippen molar-refractivity contribution in [2.45, 2.75) is 32.6 Å². The van der Waals surface area contributed by atoms with Crippen LogP contribution in [0.2, 0.25) is 0 Å². The molecular weight excluding hydrogens is 335 g/mol. The molecule has 5 nitrogen and oxygen atoms in total. The lowest BCUT2D eigenvalue weighted by molar-refractivity contribution is -0.116. The molecule has 0 radical (unpaired) electrons. The van der Waals surface area contributed by atoms with Gasteiger partial charge in [0.05, 0.1) is 11.8 Å². The van der Waals surface area contributed by atoms with Gasteiger partial charge in [0.2, 0.25) is 5.91 Å². The summed E-state index contributed by atoms with van der Waals surface area (Å²) in [5, 5.41) is 2.83. The SMILES string of the molecule is Cc1cc(F)ccc1NC(=O)CCC1CCCN(C(=O)c2ccoc2)C1. The van der Waals surface area contributed by atoms with E-state index < -0.39 is 0 Å². The molecule has 1 fully saturated rings. The van der Waals surface area contributed by atoms with Gasteiger partial charge in [-0.1, -0.05) is 0 Å². The molecule has 0 bridgehead atoms. The Morgan fingerprint density at radius 2 is 2.19 bits per heavy atom. The fourth-order valence-electron chi connectivity index (χ4n) is 3.37. The number of aryl methyl sites for hydroxylation is 1. The van der Waals surface area contributed by atoms with Crippen LogP contribution < -0.4 is 5.32 Å². The molecule has 6 heteroatoms. The van der Waals surface area contributed by atoms with Crippen molar-refractivity contribution >= 4 is 17.5 Å². The monoisotopic (exact) mass is 358 g/mol. The van der Waals surface area contributed by atoms with Crippen LogP contribution in [0.4, 0.5) is 10.1 Å². The number of rotatable bonds is 5. The van der Waals surface area contributed by atoms with Gasteiger partial charge in [-0.05, 0) is 61.9 Å². The number of likely N-dealkylation sites (tertiary alicyclic amines) is 1. The normalized spacial score (nSPS) is 17.2. The van der Waals surface area contributed by atoms with Gasteiger partial charge in [0.25, 0.3) is 5.91 Å². The van der Waals surface area contributed by atoms with E-state index in [9.17, 15) is 14.0 Å². The number of amides is 2. The summed E-state index contributed by atoms with van der Waals surface area (Å²) < 4.78 is 18.1. The number of furan rings is 1. The molecule has 0 aliphatic carbocycles. The highest BCUT2D eigenvalue weighted by atomic mass is 19.1. The molecule has 1 unspecified atom stereocenters. The molecule has 0 spiro atoms. The quantitative estimate of drug-likeness (QED) is 0.879. The topological polar surface area (TPSA) is 62.6 Å². The van der Waals surface area contributed by atoms with Crippen molar-refractivity contribution in [3.63, 3.8) is 0 Å². The average Bonchev–Trinajstić information content (AvgIpc) is 3.17. The molecule has 1 aromatic heterocycles. The lowest BCUT2D eigenvalue weighted by atomic mass is 9.93. The van der Waals surface area contributed by atoms with Gasteiger partial charge in [-0.3, -0.25) is 9.59 Å². The summed E-state index contributed by atoms with van der Waals surface area (Å²) >= 11 is 0. The molecule has 2 heterocycles. The number of hydrogen-bond acceptors (Lipinski definition) is 3. The van der Waals surface area contributed by atoms with Crippen molar-refractivity contribution < 1.29 is 18.4 Å². The summed E-state index contributed by atoms with van der Waals surface area (Å²) in [6, 6.07) is 5.98. The molecule has 26 heavy (non-hydrogen) atoms. The number of anilines is 1. The third-order valence-electron chi connectivity index (χ3n) is 4.82. The summed E-state index contributed by atoms with van der Waals surface area (Å²) in [4.78, 5) is 26.4. The van der Waals surface area contributed by atoms with Gasteiger partial charge >= 0.3 is 0 Å². The first kappa shape index (κ1) is 18.2. The smallest absolute Gasteiger partial charge is 0.257 e. The van der Waals surface area contributed by atoms with Crippen LogP contribution in [0.1, 0.15) is 41.6 Å². The summed E-state index contributed by atoms with van der Waals surface area (Å²) in [6.45, 7) is 3.16. The third-order valence-corrected chi connectivity index (χ3v) is 4.82. The van der Waals surface area contributed by atoms with E-state index in [0.29, 0.717) is 35.7 Å². The number of piperidine rings is 1. The van der Waals surface area contributed by atoms with Crippen molar-refractivity contribution in [1.82, 2.24) is 4.90 Å². The Hall–Kier alpha value is -2.63. The van der Waals surface area contributed by atoms with E-state index in [-0.39, 0.29) is 17.6 Å². The molecule has 3 rings (SSSR count). The number of carbonyl (C=O) groups excluding carboxylic acids is 2. The predicted molar refractivity (Wildman–Crippen MR) is 96.3 cm³/mol. The molecule has 0 saturated carbocycles. The fourth-order valence-corrected chi connectivity index (χ4v) is 3.37. The Labute approximate surface area is 152 Å². The molecule has 1 aromatic carbocycles. The maximum atomic E-state index is 13.1. The first-order chi connectivity index (χ1) is 12.5. The van der Waals surface area contributed by atoms with E-state index in [1.165, 1.54) is 24.7 Å². The Kier molecular flexibility index (Phi) is 5.71. The van der Waals surface area contributed by atoms with Crippen LogP contribution in [0.25, 0.3) is 0 Å². The van der Waals surface area contributed by atoms with Gasteiger partial charge in [0.15, 0.2) is 0 Å². The third kappa shape index (κ3) is 4.50. The zero-order valence-corrected chi connectivity index (χ0v) is 14.8. The van der Waals surface area contributed by atoms with Gasteiger partial charge < -0.3 is 14.6 Å². The molecule has 138 valence electrons. The van der Waals surface area contributed by atoms with Crippen LogP contribution in [0.3, 0.4) is 0 Å². The molecule has 1 atom stereocenters. The average molecular weight is 358 g/mol. The Morgan fingerprint density at radius 1 is 1.35 bits per heavy atom. The second kappa shape index (κ2) is 8.17. The second-order valence-corrected chi connectivity index (χ2v) is 6.82. The van der Waals surface area contributed by atoms with Gasteiger partial charge in [0, 0.05) is 25.2 Å². The molecule has 2 amide bonds. The first-order valence-corrected chi connectivity index (χ1v) is 8.90. The summed E-state index contributed by atoms with van der Waals surface area (Å²) in [6.07, 6.45) is 6.02. The van der Waals surface area contributed by atoms with Crippen LogP contribution in [0, 0.1) is 18.7 Å². The Bertz CT molecular complexity index is 773. The molecule has 1 N–H and O–H groups in total. The summed E-state index contributed by atoms with van der Waals surface area (Å²) in [7, 11) is 0. The van der Waals surface area contributed by atoms with Crippen LogP contribution >= 0.6 is 0 Å². The van der Waals surface area contributed by atoms with Crippen LogP contribution in [-0.2, 0) is 4.79 Å². The summed E-state index contributed by atoms with van der Waals surface area (Å²) in [5.74, 6) is -0.113. The molecule has 1 saturated heterocycles. The Morgan fingerprint density at radius 3 is 2.92 bits per heavy atom. The van der Waals surface area contributed by atoms with Crippen molar-refractivity contribution in [2.75, 3.05) is 18.4 Å². The lowest BCUT2D eigenvalue weighted by Gasteiger charge is -2.32. The number of hydrogen-bond donors (Lipinski definition) is 1. The minimum Gasteiger partial charge on any atom is -0.472 e. The second-order valence-electron chi connectivity index (χ2n) is 6.82. The fraction of sp³-hybridized carbons (Fsp3) is 0.400. The van der Waals surface area contributed by atoms with E-state index in [1.54, 1.807) is 19.1 Å². The number of nitrogens with one attached hydrogen (secondary N) is 1. The van der Waals surface area contributed by atoms with Gasteiger partial charge in [0.1, 0.15) is 12.1 Å². The van der Waals surface area contributed by atoms with Crippen molar-refractivity contribution in [3.05, 3.63) is 53.7 Å². The van der Waals surface area contributed by atoms with Crippen LogP contribution in [0.15, 0.2) is 41.2 Å². The number of carbonyl (C=O) groups is 2. The minimum absolute atomic E-state index is 0.0187. The Balaban J connectivity index is 1.49. The molecule has 1 aliphatic heterocycles. The lowest BCUT2D eigenvalue weighted by Crippen LogP contribution is -2.40. The van der Waals surface area contributed by atoms with E-state index >= 15 is 0 Å². The zero-order chi connectivity index (χ0) is 18.5. The van der Waals surface area contributed by atoms with Crippen LogP contribution in [0.5, 0.6) is 0 Å². The maximum Gasteiger partial charge on any atom is 0.257 e. The standard InChI is InChI=1S/C20H23FN2O3/c1-14-11-17(21)5-6-18(14)22-19(24)7-4-15-3-2-9-23(12-15)20(25)16-8-10-26-13-16/h5-6,8,10-11,13,15H,2-4,7,9,12H2,1H3,(H,22,24). The first-order valence-electron chi connectivity index (χ1n) is 8.90. The molecule has 2 aromatic rings. The van der Waals surface area contributed by atoms with Crippen molar-refractivity contribution in [1.29, 1.82) is 0 Å². The van der Waals surface area contributed by atoms with E-state index in [4.69, 9.17) is 4.42 Å². The van der Waals surface area contributed by atoms with Crippen LogP contribution in [-0.4, -0.2) is 29.8 Å². The van der Waals surface area contributed by atoms with E-state index in [1.807, 2.05) is 4.90 Å². The minimum atomic E-state index is -0.315. The van der Waals surface area contributed by atoms with E-state index in [0.717, 1.165) is 25.8 Å². The van der Waals surface area contributed by atoms with Crippen molar-refractivity contribution in [3.8, 4) is 0 Å². The molecular formula is C20H23FN2O3. The number of benzene rings is 1. The summed E-state index contributed by atoms with van der Waals surface area (Å²) in [5.41, 5.74) is 1.90. The van der Waals surface area contributed by atoms with Gasteiger partial charge in [-0.15, -0.1) is 0 Å². The van der Waals surface area contributed by atoms with Gasteiger partial charge in [-0.2, -0.15) is 0 Å². The maximum absolute atomic E-state index is 13.1. The highest BCUT2D eigenvalue weighted by molar-refractivity contribution is 5.94. The largest absolute Gasteiger partial charge is 0.472 e. The number of nitrogens with zero attached hydrogens (tertiary/aromatic N) is 1.